The maximum absolute atomic E-state index is 12.7. The molecule has 0 saturated carbocycles. The van der Waals surface area contributed by atoms with Gasteiger partial charge in [0.1, 0.15) is 5.82 Å². The fraction of sp³-hybridized carbons (Fsp3) is 0.0667. The largest absolute Gasteiger partial charge is 0.478 e. The van der Waals surface area contributed by atoms with Gasteiger partial charge in [-0.25, -0.2) is 9.18 Å². The van der Waals surface area contributed by atoms with Crippen molar-refractivity contribution in [3.63, 3.8) is 0 Å². The normalized spacial score (nSPS) is 10.1. The van der Waals surface area contributed by atoms with E-state index in [9.17, 15) is 14.0 Å². The van der Waals surface area contributed by atoms with Crippen LogP contribution in [-0.4, -0.2) is 17.0 Å². The van der Waals surface area contributed by atoms with Gasteiger partial charge in [-0.05, 0) is 35.9 Å². The van der Waals surface area contributed by atoms with E-state index < -0.39 is 5.97 Å². The molecule has 2 aromatic rings. The van der Waals surface area contributed by atoms with Gasteiger partial charge in [-0.15, -0.1) is 0 Å². The molecule has 0 saturated heterocycles. The van der Waals surface area contributed by atoms with E-state index >= 15 is 0 Å². The standard InChI is InChI=1S/C15H12FNO3/c16-12-6-4-10(5-7-12)8-14(18)17-13-3-1-2-11(9-13)15(19)20/h1-7,9H,8H2,(H,17,18)(H,19,20). The Morgan fingerprint density at radius 2 is 1.80 bits per heavy atom. The maximum Gasteiger partial charge on any atom is 0.335 e. The SMILES string of the molecule is O=C(Cc1ccc(F)cc1)Nc1cccc(C(=O)O)c1. The zero-order valence-corrected chi connectivity index (χ0v) is 10.5. The molecule has 2 aromatic carbocycles. The van der Waals surface area contributed by atoms with E-state index in [2.05, 4.69) is 5.32 Å². The quantitative estimate of drug-likeness (QED) is 0.900. The molecule has 0 aliphatic carbocycles. The van der Waals surface area contributed by atoms with Crippen LogP contribution in [0.1, 0.15) is 15.9 Å². The van der Waals surface area contributed by atoms with Crippen molar-refractivity contribution in [2.45, 2.75) is 6.42 Å². The Hall–Kier alpha value is -2.69. The van der Waals surface area contributed by atoms with E-state index in [0.717, 1.165) is 0 Å². The Labute approximate surface area is 114 Å². The monoisotopic (exact) mass is 273 g/mol. The van der Waals surface area contributed by atoms with Crippen LogP contribution in [0.3, 0.4) is 0 Å². The van der Waals surface area contributed by atoms with Crippen molar-refractivity contribution in [1.82, 2.24) is 0 Å². The molecule has 0 spiro atoms. The van der Waals surface area contributed by atoms with Crippen LogP contribution in [0.2, 0.25) is 0 Å². The molecule has 4 nitrogen and oxygen atoms in total. The van der Waals surface area contributed by atoms with Crippen LogP contribution in [0, 0.1) is 5.82 Å². The van der Waals surface area contributed by atoms with E-state index in [1.165, 1.54) is 36.4 Å². The molecular weight excluding hydrogens is 261 g/mol. The van der Waals surface area contributed by atoms with Gasteiger partial charge in [0, 0.05) is 5.69 Å². The van der Waals surface area contributed by atoms with Crippen LogP contribution in [0.5, 0.6) is 0 Å². The topological polar surface area (TPSA) is 66.4 Å². The zero-order chi connectivity index (χ0) is 14.5. The van der Waals surface area contributed by atoms with Crippen LogP contribution in [-0.2, 0) is 11.2 Å². The first kappa shape index (κ1) is 13.7. The molecule has 2 rings (SSSR count). The van der Waals surface area contributed by atoms with E-state index in [1.54, 1.807) is 12.1 Å². The van der Waals surface area contributed by atoms with Crippen molar-refractivity contribution in [3.8, 4) is 0 Å². The van der Waals surface area contributed by atoms with Crippen molar-refractivity contribution in [1.29, 1.82) is 0 Å². The van der Waals surface area contributed by atoms with E-state index in [4.69, 9.17) is 5.11 Å². The summed E-state index contributed by atoms with van der Waals surface area (Å²) in [6, 6.07) is 11.6. The molecule has 0 heterocycles. The molecule has 2 N–H and O–H groups in total. The molecule has 0 aliphatic rings. The average Bonchev–Trinajstić information content (AvgIpc) is 2.41. The van der Waals surface area contributed by atoms with E-state index in [-0.39, 0.29) is 23.7 Å². The Bertz CT molecular complexity index is 638. The van der Waals surface area contributed by atoms with E-state index in [0.29, 0.717) is 11.3 Å². The minimum atomic E-state index is -1.06. The molecule has 0 aromatic heterocycles. The van der Waals surface area contributed by atoms with Crippen LogP contribution in [0.15, 0.2) is 48.5 Å². The third kappa shape index (κ3) is 3.65. The smallest absolute Gasteiger partial charge is 0.335 e. The third-order valence-corrected chi connectivity index (χ3v) is 2.67. The number of carboxylic acid groups (broad SMARTS) is 1. The molecule has 102 valence electrons. The number of nitrogens with one attached hydrogen (secondary N) is 1. The first-order valence-corrected chi connectivity index (χ1v) is 5.92. The van der Waals surface area contributed by atoms with Crippen LogP contribution in [0.25, 0.3) is 0 Å². The van der Waals surface area contributed by atoms with Crippen molar-refractivity contribution >= 4 is 17.6 Å². The number of amides is 1. The summed E-state index contributed by atoms with van der Waals surface area (Å²) in [5, 5.41) is 11.5. The summed E-state index contributed by atoms with van der Waals surface area (Å²) in [6.45, 7) is 0. The second kappa shape index (κ2) is 5.97. The van der Waals surface area contributed by atoms with Gasteiger partial charge in [0.2, 0.25) is 5.91 Å². The Morgan fingerprint density at radius 1 is 1.10 bits per heavy atom. The summed E-state index contributed by atoms with van der Waals surface area (Å²) in [6.07, 6.45) is 0.0948. The Kier molecular flexibility index (Phi) is 4.10. The minimum Gasteiger partial charge on any atom is -0.478 e. The molecule has 0 unspecified atom stereocenters. The summed E-state index contributed by atoms with van der Waals surface area (Å²) in [5.74, 6) is -1.71. The van der Waals surface area contributed by atoms with Crippen LogP contribution in [0.4, 0.5) is 10.1 Å². The highest BCUT2D eigenvalue weighted by Crippen LogP contribution is 2.12. The summed E-state index contributed by atoms with van der Waals surface area (Å²) in [7, 11) is 0. The third-order valence-electron chi connectivity index (χ3n) is 2.67. The molecule has 1 amide bonds. The second-order valence-corrected chi connectivity index (χ2v) is 4.24. The molecule has 0 radical (unpaired) electrons. The number of hydrogen-bond donors (Lipinski definition) is 2. The highest BCUT2D eigenvalue weighted by molar-refractivity contribution is 5.94. The first-order chi connectivity index (χ1) is 9.54. The highest BCUT2D eigenvalue weighted by atomic mass is 19.1. The van der Waals surface area contributed by atoms with Gasteiger partial charge < -0.3 is 10.4 Å². The lowest BCUT2D eigenvalue weighted by molar-refractivity contribution is -0.115. The summed E-state index contributed by atoms with van der Waals surface area (Å²) >= 11 is 0. The zero-order valence-electron chi connectivity index (χ0n) is 10.5. The summed E-state index contributed by atoms with van der Waals surface area (Å²) < 4.78 is 12.7. The van der Waals surface area contributed by atoms with Gasteiger partial charge in [-0.3, -0.25) is 4.79 Å². The van der Waals surface area contributed by atoms with Crippen molar-refractivity contribution in [3.05, 3.63) is 65.5 Å². The Balaban J connectivity index is 2.02. The van der Waals surface area contributed by atoms with Gasteiger partial charge in [-0.1, -0.05) is 18.2 Å². The van der Waals surface area contributed by atoms with Crippen LogP contribution >= 0.6 is 0 Å². The number of aromatic carboxylic acids is 1. The van der Waals surface area contributed by atoms with Gasteiger partial charge in [0.25, 0.3) is 0 Å². The van der Waals surface area contributed by atoms with Gasteiger partial charge in [0.15, 0.2) is 0 Å². The molecule has 0 atom stereocenters. The van der Waals surface area contributed by atoms with E-state index in [1.807, 2.05) is 0 Å². The molecule has 0 aliphatic heterocycles. The number of carbonyl (C=O) groups excluding carboxylic acids is 1. The Morgan fingerprint density at radius 3 is 2.45 bits per heavy atom. The molecule has 0 fully saturated rings. The number of halogens is 1. The number of rotatable bonds is 4. The number of carboxylic acids is 1. The lowest BCUT2D eigenvalue weighted by Gasteiger charge is -2.06. The van der Waals surface area contributed by atoms with Gasteiger partial charge >= 0.3 is 5.97 Å². The molecule has 0 bridgehead atoms. The highest BCUT2D eigenvalue weighted by Gasteiger charge is 2.07. The predicted octanol–water partition coefficient (Wildman–Crippen LogP) is 2.71. The maximum atomic E-state index is 12.7. The van der Waals surface area contributed by atoms with Crippen molar-refractivity contribution < 1.29 is 19.1 Å². The number of benzene rings is 2. The first-order valence-electron chi connectivity index (χ1n) is 5.92. The molecule has 20 heavy (non-hydrogen) atoms. The number of anilines is 1. The van der Waals surface area contributed by atoms with Crippen LogP contribution < -0.4 is 5.32 Å². The molecule has 5 heteroatoms. The fourth-order valence-electron chi connectivity index (χ4n) is 1.72. The van der Waals surface area contributed by atoms with Gasteiger partial charge in [-0.2, -0.15) is 0 Å². The number of hydrogen-bond acceptors (Lipinski definition) is 2. The summed E-state index contributed by atoms with van der Waals surface area (Å²) in [4.78, 5) is 22.6. The lowest BCUT2D eigenvalue weighted by Crippen LogP contribution is -2.14. The predicted molar refractivity (Wildman–Crippen MR) is 72.1 cm³/mol. The minimum absolute atomic E-state index is 0.0948. The second-order valence-electron chi connectivity index (χ2n) is 4.24. The average molecular weight is 273 g/mol. The fourth-order valence-corrected chi connectivity index (χ4v) is 1.72. The molecular formula is C15H12FNO3. The van der Waals surface area contributed by atoms with Crippen molar-refractivity contribution in [2.24, 2.45) is 0 Å². The van der Waals surface area contributed by atoms with Crippen molar-refractivity contribution in [2.75, 3.05) is 5.32 Å². The van der Waals surface area contributed by atoms with Gasteiger partial charge in [0.05, 0.1) is 12.0 Å². The lowest BCUT2D eigenvalue weighted by atomic mass is 10.1. The summed E-state index contributed by atoms with van der Waals surface area (Å²) in [5.41, 5.74) is 1.19. The number of carbonyl (C=O) groups is 2.